The summed E-state index contributed by atoms with van der Waals surface area (Å²) in [5, 5.41) is 0. The van der Waals surface area contributed by atoms with Gasteiger partial charge in [0.2, 0.25) is 5.91 Å². The Labute approximate surface area is 144 Å². The molecule has 24 heavy (non-hydrogen) atoms. The highest BCUT2D eigenvalue weighted by molar-refractivity contribution is 5.73. The molecule has 0 unspecified atom stereocenters. The third-order valence-corrected chi connectivity index (χ3v) is 5.19. The fraction of sp³-hybridized carbons (Fsp3) is 0.632. The Morgan fingerprint density at radius 1 is 1.29 bits per heavy atom. The number of nitrogens with zero attached hydrogens (tertiary/aromatic N) is 2. The number of amides is 1. The molecule has 0 aliphatic carbocycles. The normalized spacial score (nSPS) is 23.2. The molecule has 0 bridgehead atoms. The van der Waals surface area contributed by atoms with Crippen LogP contribution in [-0.4, -0.2) is 67.7 Å². The molecule has 1 atom stereocenters. The minimum absolute atomic E-state index is 0.200. The van der Waals surface area contributed by atoms with Crippen molar-refractivity contribution < 1.29 is 14.3 Å². The summed E-state index contributed by atoms with van der Waals surface area (Å²) in [5.41, 5.74) is 1.26. The number of carbonyl (C=O) groups excluding carboxylic acids is 1. The zero-order chi connectivity index (χ0) is 16.9. The second-order valence-corrected chi connectivity index (χ2v) is 6.78. The van der Waals surface area contributed by atoms with Crippen LogP contribution < -0.4 is 4.74 Å². The van der Waals surface area contributed by atoms with Gasteiger partial charge in [-0.1, -0.05) is 12.1 Å². The summed E-state index contributed by atoms with van der Waals surface area (Å²) in [7, 11) is 1.70. The molecule has 1 amide bonds. The number of ether oxygens (including phenoxy) is 2. The molecule has 0 radical (unpaired) electrons. The molecule has 1 aromatic rings. The van der Waals surface area contributed by atoms with E-state index in [0.29, 0.717) is 6.04 Å². The maximum absolute atomic E-state index is 11.5. The lowest BCUT2D eigenvalue weighted by Gasteiger charge is -2.42. The predicted molar refractivity (Wildman–Crippen MR) is 93.3 cm³/mol. The van der Waals surface area contributed by atoms with E-state index in [1.807, 2.05) is 17.0 Å². The molecule has 2 fully saturated rings. The molecule has 0 N–H and O–H groups in total. The van der Waals surface area contributed by atoms with Gasteiger partial charge in [0.05, 0.1) is 19.8 Å². The summed E-state index contributed by atoms with van der Waals surface area (Å²) >= 11 is 0. The van der Waals surface area contributed by atoms with Crippen molar-refractivity contribution in [2.24, 2.45) is 0 Å². The number of piperidine rings is 1. The van der Waals surface area contributed by atoms with Crippen molar-refractivity contribution in [2.45, 2.75) is 38.3 Å². The Morgan fingerprint density at radius 3 is 2.79 bits per heavy atom. The van der Waals surface area contributed by atoms with E-state index in [9.17, 15) is 4.79 Å². The third kappa shape index (κ3) is 4.28. The second-order valence-electron chi connectivity index (χ2n) is 6.78. The number of likely N-dealkylation sites (tertiary alicyclic amines) is 1. The molecule has 2 aliphatic rings. The fourth-order valence-electron chi connectivity index (χ4n) is 3.81. The highest BCUT2D eigenvalue weighted by atomic mass is 16.5. The number of hydrogen-bond donors (Lipinski definition) is 0. The molecule has 5 nitrogen and oxygen atoms in total. The molecule has 5 heteroatoms. The monoisotopic (exact) mass is 332 g/mol. The SMILES string of the molecule is COc1cccc(C[C@H]2CN(C3CCN(C(C)=O)CC3)CCO2)c1. The van der Waals surface area contributed by atoms with Crippen LogP contribution in [0.2, 0.25) is 0 Å². The molecule has 2 saturated heterocycles. The van der Waals surface area contributed by atoms with Gasteiger partial charge in [0.25, 0.3) is 0 Å². The van der Waals surface area contributed by atoms with Crippen LogP contribution in [0.15, 0.2) is 24.3 Å². The van der Waals surface area contributed by atoms with E-state index in [1.54, 1.807) is 14.0 Å². The first-order valence-electron chi connectivity index (χ1n) is 8.90. The molecule has 132 valence electrons. The van der Waals surface area contributed by atoms with Gasteiger partial charge in [-0.25, -0.2) is 0 Å². The van der Waals surface area contributed by atoms with E-state index in [2.05, 4.69) is 17.0 Å². The molecule has 3 rings (SSSR count). The van der Waals surface area contributed by atoms with Gasteiger partial charge < -0.3 is 14.4 Å². The van der Waals surface area contributed by atoms with E-state index in [0.717, 1.165) is 57.8 Å². The molecule has 1 aromatic carbocycles. The van der Waals surface area contributed by atoms with Gasteiger partial charge in [-0.3, -0.25) is 9.69 Å². The topological polar surface area (TPSA) is 42.0 Å². The second kappa shape index (κ2) is 7.99. The zero-order valence-electron chi connectivity index (χ0n) is 14.7. The highest BCUT2D eigenvalue weighted by Gasteiger charge is 2.29. The van der Waals surface area contributed by atoms with Crippen molar-refractivity contribution in [3.8, 4) is 5.75 Å². The van der Waals surface area contributed by atoms with Crippen LogP contribution in [0.5, 0.6) is 5.75 Å². The fourth-order valence-corrected chi connectivity index (χ4v) is 3.81. The Bertz CT molecular complexity index is 555. The van der Waals surface area contributed by atoms with Gasteiger partial charge in [-0.05, 0) is 30.5 Å². The van der Waals surface area contributed by atoms with Gasteiger partial charge in [-0.2, -0.15) is 0 Å². The Balaban J connectivity index is 1.54. The number of methoxy groups -OCH3 is 1. The van der Waals surface area contributed by atoms with E-state index in [-0.39, 0.29) is 12.0 Å². The molecular weight excluding hydrogens is 304 g/mol. The summed E-state index contributed by atoms with van der Waals surface area (Å²) < 4.78 is 11.3. The van der Waals surface area contributed by atoms with Crippen LogP contribution in [0.3, 0.4) is 0 Å². The summed E-state index contributed by atoms with van der Waals surface area (Å²) in [5.74, 6) is 1.10. The molecular formula is C19H28N2O3. The van der Waals surface area contributed by atoms with Crippen LogP contribution in [0.1, 0.15) is 25.3 Å². The first kappa shape index (κ1) is 17.2. The lowest BCUT2D eigenvalue weighted by Crippen LogP contribution is -2.52. The van der Waals surface area contributed by atoms with E-state index < -0.39 is 0 Å². The number of benzene rings is 1. The maximum atomic E-state index is 11.5. The molecule has 0 spiro atoms. The van der Waals surface area contributed by atoms with Crippen molar-refractivity contribution in [3.63, 3.8) is 0 Å². The van der Waals surface area contributed by atoms with Crippen LogP contribution in [0.25, 0.3) is 0 Å². The van der Waals surface area contributed by atoms with Gasteiger partial charge in [0, 0.05) is 45.6 Å². The average Bonchev–Trinajstić information content (AvgIpc) is 2.62. The first-order valence-corrected chi connectivity index (χ1v) is 8.90. The molecule has 2 heterocycles. The summed E-state index contributed by atoms with van der Waals surface area (Å²) in [6, 6.07) is 8.81. The summed E-state index contributed by atoms with van der Waals surface area (Å²) in [4.78, 5) is 16.0. The maximum Gasteiger partial charge on any atom is 0.219 e. The largest absolute Gasteiger partial charge is 0.497 e. The van der Waals surface area contributed by atoms with Crippen LogP contribution >= 0.6 is 0 Å². The van der Waals surface area contributed by atoms with Gasteiger partial charge in [-0.15, -0.1) is 0 Å². The van der Waals surface area contributed by atoms with Gasteiger partial charge in [0.1, 0.15) is 5.75 Å². The Kier molecular flexibility index (Phi) is 5.74. The molecule has 0 saturated carbocycles. The van der Waals surface area contributed by atoms with Crippen LogP contribution in [-0.2, 0) is 16.0 Å². The average molecular weight is 332 g/mol. The molecule has 0 aromatic heterocycles. The van der Waals surface area contributed by atoms with Crippen LogP contribution in [0.4, 0.5) is 0 Å². The summed E-state index contributed by atoms with van der Waals surface area (Å²) in [6.07, 6.45) is 3.30. The lowest BCUT2D eigenvalue weighted by atomic mass is 10.0. The number of hydrogen-bond acceptors (Lipinski definition) is 4. The van der Waals surface area contributed by atoms with E-state index in [1.165, 1.54) is 5.56 Å². The lowest BCUT2D eigenvalue weighted by molar-refractivity contribution is -0.131. The summed E-state index contributed by atoms with van der Waals surface area (Å²) in [6.45, 7) is 6.21. The minimum Gasteiger partial charge on any atom is -0.497 e. The predicted octanol–water partition coefficient (Wildman–Crippen LogP) is 1.95. The third-order valence-electron chi connectivity index (χ3n) is 5.19. The number of morpholine rings is 1. The zero-order valence-corrected chi connectivity index (χ0v) is 14.7. The van der Waals surface area contributed by atoms with Crippen molar-refractivity contribution in [2.75, 3.05) is 39.9 Å². The minimum atomic E-state index is 0.200. The van der Waals surface area contributed by atoms with Crippen LogP contribution in [0, 0.1) is 0 Å². The standard InChI is InChI=1S/C19H28N2O3/c1-15(22)20-8-6-17(7-9-20)21-10-11-24-19(14-21)13-16-4-3-5-18(12-16)23-2/h3-5,12,17,19H,6-11,13-14H2,1-2H3/t19-/m0/s1. The van der Waals surface area contributed by atoms with Gasteiger partial charge in [0.15, 0.2) is 0 Å². The molecule has 2 aliphatic heterocycles. The van der Waals surface area contributed by atoms with Crippen molar-refractivity contribution >= 4 is 5.91 Å². The number of carbonyl (C=O) groups is 1. The Hall–Kier alpha value is -1.59. The quantitative estimate of drug-likeness (QED) is 0.845. The van der Waals surface area contributed by atoms with Crippen molar-refractivity contribution in [3.05, 3.63) is 29.8 Å². The smallest absolute Gasteiger partial charge is 0.219 e. The Morgan fingerprint density at radius 2 is 2.08 bits per heavy atom. The van der Waals surface area contributed by atoms with Crippen molar-refractivity contribution in [1.29, 1.82) is 0 Å². The van der Waals surface area contributed by atoms with E-state index >= 15 is 0 Å². The number of rotatable bonds is 4. The highest BCUT2D eigenvalue weighted by Crippen LogP contribution is 2.22. The van der Waals surface area contributed by atoms with E-state index in [4.69, 9.17) is 9.47 Å². The van der Waals surface area contributed by atoms with Gasteiger partial charge >= 0.3 is 0 Å². The first-order chi connectivity index (χ1) is 11.7. The van der Waals surface area contributed by atoms with Crippen molar-refractivity contribution in [1.82, 2.24) is 9.80 Å².